The molecule has 1 saturated heterocycles. The van der Waals surface area contributed by atoms with Crippen molar-refractivity contribution in [3.63, 3.8) is 0 Å². The summed E-state index contributed by atoms with van der Waals surface area (Å²) in [5.74, 6) is -0.767. The van der Waals surface area contributed by atoms with Crippen LogP contribution < -0.4 is 0 Å². The summed E-state index contributed by atoms with van der Waals surface area (Å²) in [6, 6.07) is 0. The summed E-state index contributed by atoms with van der Waals surface area (Å²) in [6.45, 7) is 0.628. The van der Waals surface area contributed by atoms with Gasteiger partial charge in [-0.05, 0) is 0 Å². The molecule has 0 spiro atoms. The van der Waals surface area contributed by atoms with Gasteiger partial charge in [-0.15, -0.1) is 0 Å². The SMILES string of the molecule is CN(C)C(=O)C1(C(=O)N(C)C)COCCO1. The molecule has 1 heterocycles. The summed E-state index contributed by atoms with van der Waals surface area (Å²) < 4.78 is 10.6. The van der Waals surface area contributed by atoms with Gasteiger partial charge in [-0.3, -0.25) is 9.59 Å². The van der Waals surface area contributed by atoms with E-state index < -0.39 is 5.60 Å². The Morgan fingerprint density at radius 2 is 1.50 bits per heavy atom. The smallest absolute Gasteiger partial charge is 0.266 e. The van der Waals surface area contributed by atoms with Gasteiger partial charge in [0, 0.05) is 28.2 Å². The molecule has 0 radical (unpaired) electrons. The molecular weight excluding hydrogens is 212 g/mol. The van der Waals surface area contributed by atoms with Crippen LogP contribution in [0.2, 0.25) is 0 Å². The fraction of sp³-hybridized carbons (Fsp3) is 0.800. The molecule has 0 bridgehead atoms. The van der Waals surface area contributed by atoms with E-state index in [0.717, 1.165) is 0 Å². The quantitative estimate of drug-likeness (QED) is 0.568. The van der Waals surface area contributed by atoms with Crippen LogP contribution in [0.4, 0.5) is 0 Å². The first-order chi connectivity index (χ1) is 7.42. The third kappa shape index (κ3) is 2.17. The van der Waals surface area contributed by atoms with Gasteiger partial charge in [0.2, 0.25) is 5.60 Å². The van der Waals surface area contributed by atoms with Gasteiger partial charge in [-0.25, -0.2) is 0 Å². The van der Waals surface area contributed by atoms with Crippen LogP contribution in [-0.2, 0) is 19.1 Å². The lowest BCUT2D eigenvalue weighted by Crippen LogP contribution is -2.62. The normalized spacial score (nSPS) is 19.0. The van der Waals surface area contributed by atoms with E-state index in [-0.39, 0.29) is 25.0 Å². The predicted octanol–water partition coefficient (Wildman–Crippen LogP) is -1.05. The highest BCUT2D eigenvalue weighted by Crippen LogP contribution is 2.20. The Morgan fingerprint density at radius 1 is 1.00 bits per heavy atom. The Kier molecular flexibility index (Phi) is 3.88. The van der Waals surface area contributed by atoms with E-state index in [4.69, 9.17) is 9.47 Å². The van der Waals surface area contributed by atoms with Gasteiger partial charge in [0.15, 0.2) is 0 Å². The Hall–Kier alpha value is -1.14. The fourth-order valence-corrected chi connectivity index (χ4v) is 1.59. The van der Waals surface area contributed by atoms with E-state index in [1.54, 1.807) is 28.2 Å². The largest absolute Gasteiger partial charge is 0.375 e. The molecule has 0 aromatic heterocycles. The van der Waals surface area contributed by atoms with Crippen molar-refractivity contribution in [3.8, 4) is 0 Å². The van der Waals surface area contributed by atoms with Gasteiger partial charge in [0.25, 0.3) is 11.8 Å². The first-order valence-corrected chi connectivity index (χ1v) is 5.07. The summed E-state index contributed by atoms with van der Waals surface area (Å²) in [5.41, 5.74) is -1.51. The highest BCUT2D eigenvalue weighted by Gasteiger charge is 2.51. The number of nitrogens with zero attached hydrogens (tertiary/aromatic N) is 2. The molecule has 1 aliphatic rings. The van der Waals surface area contributed by atoms with Crippen molar-refractivity contribution in [1.82, 2.24) is 9.80 Å². The number of carbonyl (C=O) groups is 2. The molecular formula is C10H18N2O4. The van der Waals surface area contributed by atoms with Crippen molar-refractivity contribution in [1.29, 1.82) is 0 Å². The monoisotopic (exact) mass is 230 g/mol. The summed E-state index contributed by atoms with van der Waals surface area (Å²) in [5, 5.41) is 0. The zero-order chi connectivity index (χ0) is 12.3. The molecule has 0 N–H and O–H groups in total. The number of rotatable bonds is 2. The van der Waals surface area contributed by atoms with Crippen molar-refractivity contribution in [2.45, 2.75) is 5.60 Å². The molecule has 1 rings (SSSR count). The molecule has 0 saturated carbocycles. The number of hydrogen-bond donors (Lipinski definition) is 0. The summed E-state index contributed by atoms with van der Waals surface area (Å²) >= 11 is 0. The maximum atomic E-state index is 12.0. The Bertz CT molecular complexity index is 261. The molecule has 1 fully saturated rings. The minimum Gasteiger partial charge on any atom is -0.375 e. The average Bonchev–Trinajstić information content (AvgIpc) is 2.27. The van der Waals surface area contributed by atoms with Gasteiger partial charge in [-0.1, -0.05) is 0 Å². The second kappa shape index (κ2) is 4.80. The summed E-state index contributed by atoms with van der Waals surface area (Å²) in [7, 11) is 6.35. The molecule has 0 aromatic carbocycles. The molecule has 1 aliphatic heterocycles. The van der Waals surface area contributed by atoms with Gasteiger partial charge in [0.05, 0.1) is 19.8 Å². The minimum atomic E-state index is -1.51. The fourth-order valence-electron chi connectivity index (χ4n) is 1.59. The van der Waals surface area contributed by atoms with E-state index >= 15 is 0 Å². The molecule has 16 heavy (non-hydrogen) atoms. The Morgan fingerprint density at radius 3 is 1.81 bits per heavy atom. The van der Waals surface area contributed by atoms with Gasteiger partial charge >= 0.3 is 0 Å². The maximum Gasteiger partial charge on any atom is 0.266 e. The van der Waals surface area contributed by atoms with Gasteiger partial charge in [0.1, 0.15) is 0 Å². The van der Waals surface area contributed by atoms with E-state index in [2.05, 4.69) is 0 Å². The van der Waals surface area contributed by atoms with E-state index in [1.807, 2.05) is 0 Å². The van der Waals surface area contributed by atoms with Crippen LogP contribution >= 0.6 is 0 Å². The van der Waals surface area contributed by atoms with E-state index in [0.29, 0.717) is 6.61 Å². The van der Waals surface area contributed by atoms with Crippen molar-refractivity contribution >= 4 is 11.8 Å². The van der Waals surface area contributed by atoms with Crippen LogP contribution in [0.25, 0.3) is 0 Å². The third-order valence-corrected chi connectivity index (χ3v) is 2.38. The van der Waals surface area contributed by atoms with Crippen LogP contribution in [-0.4, -0.2) is 75.2 Å². The van der Waals surface area contributed by atoms with E-state index in [9.17, 15) is 9.59 Å². The second-order valence-electron chi connectivity index (χ2n) is 4.13. The number of likely N-dealkylation sites (N-methyl/N-ethyl adjacent to an activating group) is 2. The lowest BCUT2D eigenvalue weighted by molar-refractivity contribution is -0.195. The van der Waals surface area contributed by atoms with E-state index in [1.165, 1.54) is 9.80 Å². The van der Waals surface area contributed by atoms with Crippen molar-refractivity contribution in [2.75, 3.05) is 48.0 Å². The lowest BCUT2D eigenvalue weighted by Gasteiger charge is -2.37. The van der Waals surface area contributed by atoms with Crippen molar-refractivity contribution in [3.05, 3.63) is 0 Å². The van der Waals surface area contributed by atoms with Gasteiger partial charge in [-0.2, -0.15) is 0 Å². The second-order valence-corrected chi connectivity index (χ2v) is 4.13. The highest BCUT2D eigenvalue weighted by molar-refractivity contribution is 6.08. The third-order valence-electron chi connectivity index (χ3n) is 2.38. The summed E-state index contributed by atoms with van der Waals surface area (Å²) in [4.78, 5) is 26.8. The molecule has 0 unspecified atom stereocenters. The molecule has 2 amide bonds. The van der Waals surface area contributed by atoms with Crippen molar-refractivity contribution in [2.24, 2.45) is 0 Å². The molecule has 6 nitrogen and oxygen atoms in total. The zero-order valence-corrected chi connectivity index (χ0v) is 10.1. The predicted molar refractivity (Wildman–Crippen MR) is 56.9 cm³/mol. The first kappa shape index (κ1) is 12.9. The average molecular weight is 230 g/mol. The van der Waals surface area contributed by atoms with Crippen molar-refractivity contribution < 1.29 is 19.1 Å². The summed E-state index contributed by atoms with van der Waals surface area (Å²) in [6.07, 6.45) is 0. The van der Waals surface area contributed by atoms with Crippen LogP contribution in [0, 0.1) is 0 Å². The highest BCUT2D eigenvalue weighted by atomic mass is 16.6. The number of hydrogen-bond acceptors (Lipinski definition) is 4. The molecule has 0 aromatic rings. The number of carbonyl (C=O) groups excluding carboxylic acids is 2. The van der Waals surface area contributed by atoms with Crippen LogP contribution in [0.3, 0.4) is 0 Å². The zero-order valence-electron chi connectivity index (χ0n) is 10.1. The Labute approximate surface area is 95.1 Å². The van der Waals surface area contributed by atoms with Gasteiger partial charge < -0.3 is 19.3 Å². The molecule has 6 heteroatoms. The van der Waals surface area contributed by atoms with Crippen LogP contribution in [0.5, 0.6) is 0 Å². The lowest BCUT2D eigenvalue weighted by atomic mass is 10.0. The molecule has 92 valence electrons. The standard InChI is InChI=1S/C10H18N2O4/c1-11(2)8(13)10(9(14)12(3)4)7-15-5-6-16-10/h5-7H2,1-4H3. The molecule has 0 aliphatic carbocycles. The number of ether oxygens (including phenoxy) is 2. The topological polar surface area (TPSA) is 59.1 Å². The minimum absolute atomic E-state index is 0.0268. The molecule has 0 atom stereocenters. The van der Waals surface area contributed by atoms with Crippen LogP contribution in [0.15, 0.2) is 0 Å². The maximum absolute atomic E-state index is 12.0. The van der Waals surface area contributed by atoms with Crippen LogP contribution in [0.1, 0.15) is 0 Å². The first-order valence-electron chi connectivity index (χ1n) is 5.07. The number of amides is 2. The Balaban J connectivity index is 3.01.